The van der Waals surface area contributed by atoms with Gasteiger partial charge in [-0.25, -0.2) is 0 Å². The first-order valence-electron chi connectivity index (χ1n) is 3.95. The first-order chi connectivity index (χ1) is 6.98. The van der Waals surface area contributed by atoms with Crippen LogP contribution in [-0.2, 0) is 14.3 Å². The second-order valence-corrected chi connectivity index (χ2v) is 3.59. The summed E-state index contributed by atoms with van der Waals surface area (Å²) in [6.07, 6.45) is 0. The third-order valence-electron chi connectivity index (χ3n) is 1.38. The third-order valence-corrected chi connectivity index (χ3v) is 1.88. The van der Waals surface area contributed by atoms with Crippen molar-refractivity contribution >= 4 is 29.2 Å². The Balaban J connectivity index is 5.49. The van der Waals surface area contributed by atoms with Gasteiger partial charge in [-0.1, -0.05) is 0 Å². The number of ether oxygens (including phenoxy) is 2. The molecule has 0 bridgehead atoms. The van der Waals surface area contributed by atoms with Crippen molar-refractivity contribution in [1.29, 1.82) is 0 Å². The van der Waals surface area contributed by atoms with Gasteiger partial charge in [-0.05, 0) is 30.1 Å². The van der Waals surface area contributed by atoms with Gasteiger partial charge < -0.3 is 9.47 Å². The smallest absolute Gasteiger partial charge is 0.393 e. The van der Waals surface area contributed by atoms with Gasteiger partial charge in [-0.3, -0.25) is 4.79 Å². The lowest BCUT2D eigenvalue weighted by Crippen LogP contribution is -2.60. The molecule has 0 amide bonds. The Bertz CT molecular complexity index is 247. The maximum atomic E-state index is 12.9. The molecule has 0 N–H and O–H groups in total. The van der Waals surface area contributed by atoms with Gasteiger partial charge in [-0.2, -0.15) is 17.6 Å². The fourth-order valence-electron chi connectivity index (χ4n) is 0.875. The molecule has 96 valence electrons. The molecule has 0 aliphatic heterocycles. The number of hydrogen-bond donors (Lipinski definition) is 0. The van der Waals surface area contributed by atoms with Crippen LogP contribution in [0.25, 0.3) is 0 Å². The highest BCUT2D eigenvalue weighted by atomic mass is 35.5. The Morgan fingerprint density at radius 2 is 1.56 bits per heavy atom. The monoisotopic (exact) mass is 286 g/mol. The number of carbonyl (C=O) groups excluding carboxylic acids is 1. The van der Waals surface area contributed by atoms with Crippen molar-refractivity contribution in [2.24, 2.45) is 0 Å². The summed E-state index contributed by atoms with van der Waals surface area (Å²) in [5, 5.41) is -9.39. The molecule has 0 fully saturated rings. The Hall–Kier alpha value is -0.270. The molecule has 0 heterocycles. The highest BCUT2D eigenvalue weighted by Gasteiger charge is 2.72. The van der Waals surface area contributed by atoms with Crippen molar-refractivity contribution in [2.75, 3.05) is 6.61 Å². The second kappa shape index (κ2) is 4.93. The van der Waals surface area contributed by atoms with Crippen LogP contribution in [0.5, 0.6) is 0 Å². The van der Waals surface area contributed by atoms with Crippen molar-refractivity contribution in [3.63, 3.8) is 0 Å². The topological polar surface area (TPSA) is 35.5 Å². The second-order valence-electron chi connectivity index (χ2n) is 2.64. The van der Waals surface area contributed by atoms with Crippen LogP contribution in [0.2, 0.25) is 0 Å². The average Bonchev–Trinajstić information content (AvgIpc) is 1.98. The summed E-state index contributed by atoms with van der Waals surface area (Å²) < 4.78 is 59.4. The number of esters is 1. The molecule has 3 nitrogen and oxygen atoms in total. The SMILES string of the molecule is CCOC(OC(C)=O)(C(F)(F)Cl)C(F)(F)Cl. The number of alkyl halides is 6. The van der Waals surface area contributed by atoms with Gasteiger partial charge in [0.25, 0.3) is 0 Å². The summed E-state index contributed by atoms with van der Waals surface area (Å²) in [7, 11) is 0. The molecule has 16 heavy (non-hydrogen) atoms. The molecule has 9 heteroatoms. The minimum Gasteiger partial charge on any atom is -0.418 e. The van der Waals surface area contributed by atoms with Gasteiger partial charge in [0.1, 0.15) is 0 Å². The van der Waals surface area contributed by atoms with Gasteiger partial charge in [0.05, 0.1) is 0 Å². The van der Waals surface area contributed by atoms with Crippen LogP contribution < -0.4 is 0 Å². The standard InChI is InChI=1S/C7H8Cl2F4O3/c1-3-15-5(6(8,10)11,7(9,12)13)16-4(2)14/h3H2,1-2H3. The molecule has 0 aromatic heterocycles. The Morgan fingerprint density at radius 1 is 1.19 bits per heavy atom. The van der Waals surface area contributed by atoms with Crippen LogP contribution in [0.15, 0.2) is 0 Å². The van der Waals surface area contributed by atoms with Crippen molar-refractivity contribution < 1.29 is 31.8 Å². The maximum Gasteiger partial charge on any atom is 0.393 e. The normalized spacial score (nSPS) is 13.8. The van der Waals surface area contributed by atoms with E-state index >= 15 is 0 Å². The molecule has 0 rings (SSSR count). The van der Waals surface area contributed by atoms with Crippen LogP contribution in [0, 0.1) is 0 Å². The zero-order valence-corrected chi connectivity index (χ0v) is 9.71. The van der Waals surface area contributed by atoms with Crippen LogP contribution in [0.3, 0.4) is 0 Å². The highest BCUT2D eigenvalue weighted by molar-refractivity contribution is 6.26. The molecule has 0 saturated carbocycles. The summed E-state index contributed by atoms with van der Waals surface area (Å²) in [6.45, 7) is 1.15. The molecule has 0 saturated heterocycles. The minimum atomic E-state index is -4.69. The van der Waals surface area contributed by atoms with Crippen molar-refractivity contribution in [2.45, 2.75) is 30.4 Å². The van der Waals surface area contributed by atoms with Crippen molar-refractivity contribution in [3.05, 3.63) is 0 Å². The van der Waals surface area contributed by atoms with E-state index in [1.54, 1.807) is 0 Å². The Kier molecular flexibility index (Phi) is 4.85. The molecule has 0 radical (unpaired) electrons. The van der Waals surface area contributed by atoms with Crippen LogP contribution in [0.1, 0.15) is 13.8 Å². The summed E-state index contributed by atoms with van der Waals surface area (Å²) >= 11 is 8.93. The van der Waals surface area contributed by atoms with Crippen LogP contribution in [0.4, 0.5) is 17.6 Å². The molecule has 0 aromatic rings. The van der Waals surface area contributed by atoms with E-state index in [-0.39, 0.29) is 0 Å². The number of hydrogen-bond acceptors (Lipinski definition) is 3. The summed E-state index contributed by atoms with van der Waals surface area (Å²) in [5.74, 6) is -5.47. The van der Waals surface area contributed by atoms with Crippen LogP contribution in [-0.4, -0.2) is 29.1 Å². The fraction of sp³-hybridized carbons (Fsp3) is 0.857. The van der Waals surface area contributed by atoms with Gasteiger partial charge in [0.15, 0.2) is 0 Å². The molecule has 0 unspecified atom stereocenters. The maximum absolute atomic E-state index is 12.9. The minimum absolute atomic E-state index is 0.613. The predicted octanol–water partition coefficient (Wildman–Crippen LogP) is 2.95. The molecule has 0 atom stereocenters. The zero-order chi connectivity index (χ0) is 13.2. The molecular formula is C7H8Cl2F4O3. The lowest BCUT2D eigenvalue weighted by atomic mass is 10.3. The average molecular weight is 287 g/mol. The number of carbonyl (C=O) groups is 1. The lowest BCUT2D eigenvalue weighted by molar-refractivity contribution is -0.351. The molecular weight excluding hydrogens is 279 g/mol. The van der Waals surface area contributed by atoms with E-state index in [2.05, 4.69) is 32.7 Å². The first-order valence-corrected chi connectivity index (χ1v) is 4.70. The first kappa shape index (κ1) is 15.7. The summed E-state index contributed by atoms with van der Waals surface area (Å²) in [4.78, 5) is 10.5. The fourth-order valence-corrected chi connectivity index (χ4v) is 1.35. The van der Waals surface area contributed by atoms with E-state index < -0.39 is 29.1 Å². The van der Waals surface area contributed by atoms with E-state index in [4.69, 9.17) is 0 Å². The molecule has 0 aliphatic rings. The van der Waals surface area contributed by atoms with Crippen molar-refractivity contribution in [1.82, 2.24) is 0 Å². The number of rotatable bonds is 5. The lowest BCUT2D eigenvalue weighted by Gasteiger charge is -2.37. The largest absolute Gasteiger partial charge is 0.418 e. The third kappa shape index (κ3) is 3.11. The molecule has 0 aromatic carbocycles. The van der Waals surface area contributed by atoms with Gasteiger partial charge in [0, 0.05) is 13.5 Å². The Labute approximate surface area is 98.6 Å². The van der Waals surface area contributed by atoms with E-state index in [0.29, 0.717) is 6.92 Å². The van der Waals surface area contributed by atoms with Crippen LogP contribution >= 0.6 is 23.2 Å². The van der Waals surface area contributed by atoms with Gasteiger partial charge in [0.2, 0.25) is 0 Å². The zero-order valence-electron chi connectivity index (χ0n) is 8.20. The Morgan fingerprint density at radius 3 is 1.75 bits per heavy atom. The van der Waals surface area contributed by atoms with E-state index in [0.717, 1.165) is 6.92 Å². The van der Waals surface area contributed by atoms with E-state index in [9.17, 15) is 22.4 Å². The highest BCUT2D eigenvalue weighted by Crippen LogP contribution is 2.49. The molecule has 0 spiro atoms. The predicted molar refractivity (Wildman–Crippen MR) is 47.7 cm³/mol. The molecule has 0 aliphatic carbocycles. The van der Waals surface area contributed by atoms with Gasteiger partial charge in [-0.15, -0.1) is 0 Å². The van der Waals surface area contributed by atoms with E-state index in [1.807, 2.05) is 0 Å². The quantitative estimate of drug-likeness (QED) is 0.337. The van der Waals surface area contributed by atoms with Gasteiger partial charge >= 0.3 is 22.5 Å². The number of halogens is 6. The summed E-state index contributed by atoms with van der Waals surface area (Å²) in [5.41, 5.74) is 0. The van der Waals surface area contributed by atoms with E-state index in [1.165, 1.54) is 0 Å². The summed E-state index contributed by atoms with van der Waals surface area (Å²) in [6, 6.07) is 0. The van der Waals surface area contributed by atoms with Crippen molar-refractivity contribution in [3.8, 4) is 0 Å².